The SMILES string of the molecule is CNC(=O)c1ccc2c(NC(C)c3ccccc3)nc(N)nc2c1. The first kappa shape index (κ1) is 15.7. The third kappa shape index (κ3) is 3.12. The number of hydrogen-bond acceptors (Lipinski definition) is 5. The van der Waals surface area contributed by atoms with Gasteiger partial charge in [0.25, 0.3) is 5.91 Å². The summed E-state index contributed by atoms with van der Waals surface area (Å²) in [6, 6.07) is 15.4. The Kier molecular flexibility index (Phi) is 4.29. The van der Waals surface area contributed by atoms with Gasteiger partial charge in [0.15, 0.2) is 0 Å². The maximum atomic E-state index is 11.8. The van der Waals surface area contributed by atoms with Crippen LogP contribution in [0, 0.1) is 0 Å². The van der Waals surface area contributed by atoms with Crippen LogP contribution in [-0.2, 0) is 0 Å². The molecule has 0 bridgehead atoms. The molecule has 0 radical (unpaired) electrons. The van der Waals surface area contributed by atoms with Crippen LogP contribution >= 0.6 is 0 Å². The van der Waals surface area contributed by atoms with Gasteiger partial charge in [-0.15, -0.1) is 0 Å². The van der Waals surface area contributed by atoms with E-state index >= 15 is 0 Å². The molecule has 6 nitrogen and oxygen atoms in total. The number of nitrogens with one attached hydrogen (secondary N) is 2. The molecule has 1 heterocycles. The van der Waals surface area contributed by atoms with Gasteiger partial charge >= 0.3 is 0 Å². The van der Waals surface area contributed by atoms with Crippen molar-refractivity contribution in [3.05, 3.63) is 59.7 Å². The van der Waals surface area contributed by atoms with Gasteiger partial charge in [0.2, 0.25) is 5.95 Å². The van der Waals surface area contributed by atoms with Gasteiger partial charge < -0.3 is 16.4 Å². The first-order chi connectivity index (χ1) is 11.6. The third-order valence-corrected chi connectivity index (χ3v) is 3.86. The number of nitrogens with zero attached hydrogens (tertiary/aromatic N) is 2. The summed E-state index contributed by atoms with van der Waals surface area (Å²) in [6.07, 6.45) is 0. The summed E-state index contributed by atoms with van der Waals surface area (Å²) >= 11 is 0. The molecule has 1 aromatic heterocycles. The number of amides is 1. The molecule has 122 valence electrons. The van der Waals surface area contributed by atoms with E-state index in [1.807, 2.05) is 36.4 Å². The van der Waals surface area contributed by atoms with E-state index in [4.69, 9.17) is 5.73 Å². The molecular weight excluding hydrogens is 302 g/mol. The maximum Gasteiger partial charge on any atom is 0.251 e. The summed E-state index contributed by atoms with van der Waals surface area (Å²) in [7, 11) is 1.59. The molecule has 0 saturated carbocycles. The smallest absolute Gasteiger partial charge is 0.251 e. The molecule has 0 saturated heterocycles. The second kappa shape index (κ2) is 6.54. The number of aromatic nitrogens is 2. The van der Waals surface area contributed by atoms with Crippen molar-refractivity contribution in [3.8, 4) is 0 Å². The van der Waals surface area contributed by atoms with Crippen LogP contribution in [0.3, 0.4) is 0 Å². The van der Waals surface area contributed by atoms with Crippen molar-refractivity contribution in [2.45, 2.75) is 13.0 Å². The van der Waals surface area contributed by atoms with Gasteiger partial charge in [0, 0.05) is 24.0 Å². The molecule has 0 spiro atoms. The van der Waals surface area contributed by atoms with Crippen LogP contribution in [0.2, 0.25) is 0 Å². The number of nitrogens with two attached hydrogens (primary N) is 1. The minimum atomic E-state index is -0.166. The highest BCUT2D eigenvalue weighted by molar-refractivity contribution is 5.99. The normalized spacial score (nSPS) is 11.9. The Morgan fingerprint density at radius 2 is 1.88 bits per heavy atom. The van der Waals surface area contributed by atoms with E-state index in [9.17, 15) is 4.79 Å². The number of hydrogen-bond donors (Lipinski definition) is 3. The summed E-state index contributed by atoms with van der Waals surface area (Å²) in [6.45, 7) is 2.05. The molecule has 1 atom stereocenters. The zero-order valence-electron chi connectivity index (χ0n) is 13.6. The van der Waals surface area contributed by atoms with E-state index in [1.54, 1.807) is 19.2 Å². The monoisotopic (exact) mass is 321 g/mol. The van der Waals surface area contributed by atoms with Crippen LogP contribution in [0.15, 0.2) is 48.5 Å². The maximum absolute atomic E-state index is 11.8. The van der Waals surface area contributed by atoms with E-state index in [0.29, 0.717) is 16.9 Å². The minimum Gasteiger partial charge on any atom is -0.368 e. The number of benzene rings is 2. The number of rotatable bonds is 4. The number of carbonyl (C=O) groups is 1. The lowest BCUT2D eigenvalue weighted by Crippen LogP contribution is -2.17. The van der Waals surface area contributed by atoms with Crippen LogP contribution < -0.4 is 16.4 Å². The molecule has 6 heteroatoms. The van der Waals surface area contributed by atoms with Crippen LogP contribution in [0.1, 0.15) is 28.9 Å². The average molecular weight is 321 g/mol. The van der Waals surface area contributed by atoms with Gasteiger partial charge in [-0.2, -0.15) is 4.98 Å². The lowest BCUT2D eigenvalue weighted by molar-refractivity contribution is 0.0963. The molecule has 1 unspecified atom stereocenters. The Labute approximate surface area is 140 Å². The molecule has 1 amide bonds. The Balaban J connectivity index is 2.00. The summed E-state index contributed by atoms with van der Waals surface area (Å²) in [5, 5.41) is 6.79. The average Bonchev–Trinajstić information content (AvgIpc) is 2.61. The molecule has 0 fully saturated rings. The van der Waals surface area contributed by atoms with Crippen molar-refractivity contribution < 1.29 is 4.79 Å². The van der Waals surface area contributed by atoms with Crippen molar-refractivity contribution in [1.29, 1.82) is 0 Å². The van der Waals surface area contributed by atoms with Gasteiger partial charge in [-0.3, -0.25) is 4.79 Å². The quantitative estimate of drug-likeness (QED) is 0.687. The largest absolute Gasteiger partial charge is 0.368 e. The Morgan fingerprint density at radius 1 is 1.12 bits per heavy atom. The predicted octanol–water partition coefficient (Wildman–Crippen LogP) is 2.74. The summed E-state index contributed by atoms with van der Waals surface area (Å²) in [5.74, 6) is 0.651. The van der Waals surface area contributed by atoms with E-state index in [-0.39, 0.29) is 17.9 Å². The number of carbonyl (C=O) groups excluding carboxylic acids is 1. The van der Waals surface area contributed by atoms with Crippen molar-refractivity contribution in [3.63, 3.8) is 0 Å². The van der Waals surface area contributed by atoms with E-state index in [2.05, 4.69) is 27.5 Å². The first-order valence-electron chi connectivity index (χ1n) is 7.69. The fourth-order valence-electron chi connectivity index (χ4n) is 2.57. The fraction of sp³-hybridized carbons (Fsp3) is 0.167. The highest BCUT2D eigenvalue weighted by Crippen LogP contribution is 2.26. The second-order valence-electron chi connectivity index (χ2n) is 5.52. The van der Waals surface area contributed by atoms with Gasteiger partial charge in [-0.25, -0.2) is 4.98 Å². The molecule has 24 heavy (non-hydrogen) atoms. The van der Waals surface area contributed by atoms with E-state index in [0.717, 1.165) is 10.9 Å². The van der Waals surface area contributed by atoms with Crippen molar-refractivity contribution in [1.82, 2.24) is 15.3 Å². The predicted molar refractivity (Wildman–Crippen MR) is 95.8 cm³/mol. The van der Waals surface area contributed by atoms with Crippen molar-refractivity contribution >= 4 is 28.6 Å². The zero-order valence-corrected chi connectivity index (χ0v) is 13.6. The molecule has 0 aliphatic heterocycles. The summed E-state index contributed by atoms with van der Waals surface area (Å²) in [5.41, 5.74) is 8.14. The Morgan fingerprint density at radius 3 is 2.58 bits per heavy atom. The number of fused-ring (bicyclic) bond motifs is 1. The standard InChI is InChI=1S/C18H19N5O/c1-11(12-6-4-3-5-7-12)21-16-14-9-8-13(17(24)20-2)10-15(14)22-18(19)23-16/h3-11H,1-2H3,(H,20,24)(H3,19,21,22,23). The minimum absolute atomic E-state index is 0.0577. The third-order valence-electron chi connectivity index (χ3n) is 3.86. The van der Waals surface area contributed by atoms with Gasteiger partial charge in [0.1, 0.15) is 5.82 Å². The first-order valence-corrected chi connectivity index (χ1v) is 7.69. The second-order valence-corrected chi connectivity index (χ2v) is 5.52. The topological polar surface area (TPSA) is 92.9 Å². The molecule has 2 aromatic carbocycles. The lowest BCUT2D eigenvalue weighted by Gasteiger charge is -2.17. The van der Waals surface area contributed by atoms with E-state index in [1.165, 1.54) is 0 Å². The van der Waals surface area contributed by atoms with Gasteiger partial charge in [-0.1, -0.05) is 30.3 Å². The highest BCUT2D eigenvalue weighted by Gasteiger charge is 2.12. The van der Waals surface area contributed by atoms with Crippen LogP contribution in [0.25, 0.3) is 10.9 Å². The molecule has 4 N–H and O–H groups in total. The molecule has 3 rings (SSSR count). The Hall–Kier alpha value is -3.15. The molecule has 0 aliphatic carbocycles. The van der Waals surface area contributed by atoms with Crippen molar-refractivity contribution in [2.75, 3.05) is 18.1 Å². The van der Waals surface area contributed by atoms with Gasteiger partial charge in [-0.05, 0) is 30.7 Å². The highest BCUT2D eigenvalue weighted by atomic mass is 16.1. The van der Waals surface area contributed by atoms with E-state index < -0.39 is 0 Å². The number of anilines is 2. The molecule has 0 aliphatic rings. The molecule has 3 aromatic rings. The van der Waals surface area contributed by atoms with Gasteiger partial charge in [0.05, 0.1) is 5.52 Å². The van der Waals surface area contributed by atoms with Crippen LogP contribution in [0.5, 0.6) is 0 Å². The lowest BCUT2D eigenvalue weighted by atomic mass is 10.1. The molecular formula is C18H19N5O. The number of nitrogen functional groups attached to an aromatic ring is 1. The summed E-state index contributed by atoms with van der Waals surface area (Å²) in [4.78, 5) is 20.3. The van der Waals surface area contributed by atoms with Crippen LogP contribution in [0.4, 0.5) is 11.8 Å². The van der Waals surface area contributed by atoms with Crippen molar-refractivity contribution in [2.24, 2.45) is 0 Å². The fourth-order valence-corrected chi connectivity index (χ4v) is 2.57. The van der Waals surface area contributed by atoms with Crippen LogP contribution in [-0.4, -0.2) is 22.9 Å². The zero-order chi connectivity index (χ0) is 17.1. The Bertz CT molecular complexity index is 879. The summed E-state index contributed by atoms with van der Waals surface area (Å²) < 4.78 is 0.